The highest BCUT2D eigenvalue weighted by Crippen LogP contribution is 2.31. The van der Waals surface area contributed by atoms with Crippen LogP contribution in [0.4, 0.5) is 4.39 Å². The lowest BCUT2D eigenvalue weighted by molar-refractivity contribution is -0.121. The molecule has 8 heteroatoms. The molecule has 1 aliphatic rings. The van der Waals surface area contributed by atoms with Crippen molar-refractivity contribution in [3.8, 4) is 0 Å². The Morgan fingerprint density at radius 3 is 2.14 bits per heavy atom. The summed E-state index contributed by atoms with van der Waals surface area (Å²) in [6.07, 6.45) is 0. The summed E-state index contributed by atoms with van der Waals surface area (Å²) in [6.45, 7) is 3.26. The lowest BCUT2D eigenvalue weighted by atomic mass is 9.84. The minimum absolute atomic E-state index is 0.110. The van der Waals surface area contributed by atoms with E-state index in [0.717, 1.165) is 4.90 Å². The Labute approximate surface area is 171 Å². The van der Waals surface area contributed by atoms with E-state index in [1.54, 1.807) is 32.0 Å². The van der Waals surface area contributed by atoms with E-state index in [2.05, 4.69) is 5.32 Å². The molecule has 1 N–H and O–H groups in total. The van der Waals surface area contributed by atoms with Gasteiger partial charge in [-0.05, 0) is 23.8 Å². The van der Waals surface area contributed by atoms with Crippen LogP contribution in [0.1, 0.15) is 40.1 Å². The van der Waals surface area contributed by atoms with Crippen molar-refractivity contribution in [3.63, 3.8) is 0 Å². The van der Waals surface area contributed by atoms with E-state index in [1.807, 2.05) is 0 Å². The third-order valence-electron chi connectivity index (χ3n) is 4.64. The van der Waals surface area contributed by atoms with E-state index < -0.39 is 29.7 Å². The van der Waals surface area contributed by atoms with Crippen molar-refractivity contribution in [1.82, 2.24) is 10.2 Å². The highest BCUT2D eigenvalue weighted by atomic mass is 35.5. The highest BCUT2D eigenvalue weighted by molar-refractivity contribution is 6.43. The van der Waals surface area contributed by atoms with E-state index in [1.165, 1.54) is 18.2 Å². The maximum Gasteiger partial charge on any atom is 0.262 e. The van der Waals surface area contributed by atoms with Gasteiger partial charge in [0, 0.05) is 12.0 Å². The molecule has 0 spiro atoms. The number of hydrogen-bond acceptors (Lipinski definition) is 3. The number of halogens is 3. The first-order valence-corrected chi connectivity index (χ1v) is 9.24. The number of nitrogens with one attached hydrogen (secondary N) is 1. The minimum atomic E-state index is -0.677. The van der Waals surface area contributed by atoms with Crippen molar-refractivity contribution in [2.24, 2.45) is 0 Å². The topological polar surface area (TPSA) is 66.5 Å². The predicted octanol–water partition coefficient (Wildman–Crippen LogP) is 3.82. The molecule has 0 saturated carbocycles. The second-order valence-corrected chi connectivity index (χ2v) is 7.96. The molecule has 0 fully saturated rings. The van der Waals surface area contributed by atoms with Crippen molar-refractivity contribution in [3.05, 3.63) is 69.0 Å². The molecular formula is C20H17Cl2FN2O3. The molecule has 0 unspecified atom stereocenters. The fraction of sp³-hybridized carbons (Fsp3) is 0.250. The van der Waals surface area contributed by atoms with Gasteiger partial charge in [-0.15, -0.1) is 0 Å². The number of carbonyl (C=O) groups excluding carboxylic acids is 3. The molecule has 1 heterocycles. The first kappa shape index (κ1) is 20.3. The number of benzene rings is 2. The lowest BCUT2D eigenvalue weighted by Gasteiger charge is -2.26. The third kappa shape index (κ3) is 3.75. The van der Waals surface area contributed by atoms with Gasteiger partial charge in [0.1, 0.15) is 12.4 Å². The van der Waals surface area contributed by atoms with E-state index in [0.29, 0.717) is 5.56 Å². The lowest BCUT2D eigenvalue weighted by Crippen LogP contribution is -2.44. The van der Waals surface area contributed by atoms with Gasteiger partial charge in [-0.2, -0.15) is 0 Å². The van der Waals surface area contributed by atoms with Crippen LogP contribution in [0.5, 0.6) is 0 Å². The zero-order valence-corrected chi connectivity index (χ0v) is 16.7. The largest absolute Gasteiger partial charge is 0.354 e. The summed E-state index contributed by atoms with van der Waals surface area (Å²) in [7, 11) is 0. The Balaban J connectivity index is 1.68. The van der Waals surface area contributed by atoms with E-state index in [4.69, 9.17) is 23.2 Å². The van der Waals surface area contributed by atoms with E-state index in [-0.39, 0.29) is 33.5 Å². The van der Waals surface area contributed by atoms with Gasteiger partial charge in [-0.25, -0.2) is 4.39 Å². The van der Waals surface area contributed by atoms with Crippen LogP contribution in [0.25, 0.3) is 0 Å². The van der Waals surface area contributed by atoms with Crippen molar-refractivity contribution in [2.45, 2.75) is 19.3 Å². The molecule has 5 nitrogen and oxygen atoms in total. The summed E-state index contributed by atoms with van der Waals surface area (Å²) in [5, 5.41) is 2.97. The van der Waals surface area contributed by atoms with Crippen LogP contribution in [0.15, 0.2) is 36.4 Å². The van der Waals surface area contributed by atoms with Gasteiger partial charge < -0.3 is 5.32 Å². The van der Waals surface area contributed by atoms with Crippen LogP contribution in [0.3, 0.4) is 0 Å². The summed E-state index contributed by atoms with van der Waals surface area (Å²) in [4.78, 5) is 38.1. The van der Waals surface area contributed by atoms with Gasteiger partial charge in [0.25, 0.3) is 11.8 Å². The molecule has 0 atom stereocenters. The average molecular weight is 423 g/mol. The molecule has 0 bridgehead atoms. The molecule has 0 saturated heterocycles. The number of nitrogens with zero attached hydrogens (tertiary/aromatic N) is 1. The molecule has 146 valence electrons. The molecule has 2 aromatic carbocycles. The standard InChI is InChI=1S/C20H17Cl2FN2O3/c1-20(2,13-5-3-4-6-16(13)23)10-24-17(26)9-25-18(27)11-7-14(21)15(22)8-12(11)19(25)28/h3-8H,9-10H2,1-2H3,(H,24,26). The number of imide groups is 1. The maximum atomic E-state index is 14.0. The fourth-order valence-electron chi connectivity index (χ4n) is 3.05. The van der Waals surface area contributed by atoms with Crippen LogP contribution in [0.2, 0.25) is 10.0 Å². The molecule has 28 heavy (non-hydrogen) atoms. The van der Waals surface area contributed by atoms with Crippen molar-refractivity contribution >= 4 is 40.9 Å². The van der Waals surface area contributed by atoms with Crippen LogP contribution in [-0.4, -0.2) is 35.7 Å². The third-order valence-corrected chi connectivity index (χ3v) is 5.37. The van der Waals surface area contributed by atoms with Gasteiger partial charge in [-0.1, -0.05) is 55.2 Å². The smallest absolute Gasteiger partial charge is 0.262 e. The Morgan fingerprint density at radius 2 is 1.61 bits per heavy atom. The molecule has 0 aliphatic carbocycles. The monoisotopic (exact) mass is 422 g/mol. The number of fused-ring (bicyclic) bond motifs is 1. The second-order valence-electron chi connectivity index (χ2n) is 7.15. The quantitative estimate of drug-likeness (QED) is 0.744. The first-order valence-electron chi connectivity index (χ1n) is 8.49. The molecule has 1 aliphatic heterocycles. The van der Waals surface area contributed by atoms with Crippen LogP contribution < -0.4 is 5.32 Å². The number of carbonyl (C=O) groups is 3. The van der Waals surface area contributed by atoms with Gasteiger partial charge in [0.05, 0.1) is 21.2 Å². The summed E-state index contributed by atoms with van der Waals surface area (Å²) in [6, 6.07) is 8.95. The van der Waals surface area contributed by atoms with Crippen LogP contribution in [0, 0.1) is 5.82 Å². The molecule has 0 radical (unpaired) electrons. The predicted molar refractivity (Wildman–Crippen MR) is 104 cm³/mol. The van der Waals surface area contributed by atoms with Gasteiger partial charge in [0.2, 0.25) is 5.91 Å². The van der Waals surface area contributed by atoms with Crippen molar-refractivity contribution in [1.29, 1.82) is 0 Å². The Kier molecular flexibility index (Phi) is 5.46. The summed E-state index contributed by atoms with van der Waals surface area (Å²) >= 11 is 11.8. The minimum Gasteiger partial charge on any atom is -0.354 e. The number of amides is 3. The zero-order chi connectivity index (χ0) is 20.6. The van der Waals surface area contributed by atoms with Gasteiger partial charge in [-0.3, -0.25) is 19.3 Å². The fourth-order valence-corrected chi connectivity index (χ4v) is 3.38. The Bertz CT molecular complexity index is 950. The van der Waals surface area contributed by atoms with E-state index >= 15 is 0 Å². The van der Waals surface area contributed by atoms with Crippen LogP contribution >= 0.6 is 23.2 Å². The second kappa shape index (κ2) is 7.53. The van der Waals surface area contributed by atoms with Gasteiger partial charge >= 0.3 is 0 Å². The molecule has 2 aromatic rings. The normalized spacial score (nSPS) is 13.7. The molecule has 3 amide bonds. The van der Waals surface area contributed by atoms with Crippen molar-refractivity contribution in [2.75, 3.05) is 13.1 Å². The Morgan fingerprint density at radius 1 is 1.07 bits per heavy atom. The molecule has 0 aromatic heterocycles. The zero-order valence-electron chi connectivity index (χ0n) is 15.2. The maximum absolute atomic E-state index is 14.0. The van der Waals surface area contributed by atoms with Gasteiger partial charge in [0.15, 0.2) is 0 Å². The number of rotatable bonds is 5. The molecular weight excluding hydrogens is 406 g/mol. The SMILES string of the molecule is CC(C)(CNC(=O)CN1C(=O)c2cc(Cl)c(Cl)cc2C1=O)c1ccccc1F. The molecule has 3 rings (SSSR count). The Hall–Kier alpha value is -2.44. The average Bonchev–Trinajstić information content (AvgIpc) is 2.85. The highest BCUT2D eigenvalue weighted by Gasteiger charge is 2.37. The summed E-state index contributed by atoms with van der Waals surface area (Å²) < 4.78 is 14.0. The van der Waals surface area contributed by atoms with Crippen LogP contribution in [-0.2, 0) is 10.2 Å². The van der Waals surface area contributed by atoms with E-state index in [9.17, 15) is 18.8 Å². The number of hydrogen-bond donors (Lipinski definition) is 1. The van der Waals surface area contributed by atoms with Crippen molar-refractivity contribution < 1.29 is 18.8 Å². The summed E-state index contributed by atoms with van der Waals surface area (Å²) in [5.74, 6) is -2.11. The first-order chi connectivity index (χ1) is 13.1. The summed E-state index contributed by atoms with van der Waals surface area (Å²) in [5.41, 5.74) is 0.00224.